The van der Waals surface area contributed by atoms with E-state index in [4.69, 9.17) is 9.47 Å². The molecule has 1 aliphatic heterocycles. The number of aromatic amines is 1. The number of pyridine rings is 1. The van der Waals surface area contributed by atoms with Crippen LogP contribution in [0.5, 0.6) is 11.5 Å². The van der Waals surface area contributed by atoms with Crippen LogP contribution in [0, 0.1) is 0 Å². The molecule has 0 aliphatic carbocycles. The molecule has 0 amide bonds. The maximum atomic E-state index is 12.4. The van der Waals surface area contributed by atoms with Crippen LogP contribution in [0.2, 0.25) is 0 Å². The number of hydrogen-bond acceptors (Lipinski definition) is 5. The molecule has 1 N–H and O–H groups in total. The molecule has 3 aromatic rings. The fraction of sp³-hybridized carbons (Fsp3) is 0.143. The monoisotopic (exact) mass is 301 g/mol. The molecule has 3 heterocycles. The van der Waals surface area contributed by atoms with Crippen molar-refractivity contribution in [2.75, 3.05) is 6.79 Å². The Hall–Kier alpha value is -2.41. The lowest BCUT2D eigenvalue weighted by Crippen LogP contribution is -1.98. The van der Waals surface area contributed by atoms with Crippen molar-refractivity contribution in [2.45, 2.75) is 10.9 Å². The average Bonchev–Trinajstić information content (AvgIpc) is 3.13. The lowest BCUT2D eigenvalue weighted by Gasteiger charge is -2.01. The molecule has 6 nitrogen and oxygen atoms in total. The van der Waals surface area contributed by atoms with Gasteiger partial charge in [-0.25, -0.2) is 9.97 Å². The Morgan fingerprint density at radius 1 is 1.24 bits per heavy atom. The first-order valence-corrected chi connectivity index (χ1v) is 7.69. The summed E-state index contributed by atoms with van der Waals surface area (Å²) in [4.78, 5) is 11.4. The van der Waals surface area contributed by atoms with Gasteiger partial charge < -0.3 is 14.5 Å². The highest BCUT2D eigenvalue weighted by atomic mass is 32.2. The average molecular weight is 301 g/mol. The van der Waals surface area contributed by atoms with Gasteiger partial charge in [-0.1, -0.05) is 6.07 Å². The Bertz CT molecular complexity index is 813. The van der Waals surface area contributed by atoms with Gasteiger partial charge in [-0.3, -0.25) is 4.21 Å². The van der Waals surface area contributed by atoms with Gasteiger partial charge in [0.15, 0.2) is 22.3 Å². The molecule has 1 aromatic carbocycles. The molecule has 21 heavy (non-hydrogen) atoms. The number of nitrogens with zero attached hydrogens (tertiary/aromatic N) is 2. The van der Waals surface area contributed by atoms with E-state index in [1.807, 2.05) is 30.3 Å². The molecule has 1 aliphatic rings. The minimum atomic E-state index is -1.27. The molecular formula is C14H11N3O3S. The standard InChI is InChI=1S/C14H11N3O3S/c18-21(14-16-10-2-1-5-15-13(10)17-14)7-9-3-4-11-12(6-9)20-8-19-11/h1-6H,7-8H2,(H,15,16,17). The van der Waals surface area contributed by atoms with Gasteiger partial charge in [0.25, 0.3) is 0 Å². The molecule has 1 atom stereocenters. The quantitative estimate of drug-likeness (QED) is 0.800. The van der Waals surface area contributed by atoms with Gasteiger partial charge in [-0.15, -0.1) is 0 Å². The smallest absolute Gasteiger partial charge is 0.231 e. The van der Waals surface area contributed by atoms with E-state index in [0.717, 1.165) is 16.8 Å². The summed E-state index contributed by atoms with van der Waals surface area (Å²) in [6.07, 6.45) is 1.66. The molecule has 0 radical (unpaired) electrons. The summed E-state index contributed by atoms with van der Waals surface area (Å²) in [5.41, 5.74) is 2.27. The Labute approximate surface area is 122 Å². The zero-order chi connectivity index (χ0) is 14.2. The highest BCUT2D eigenvalue weighted by Gasteiger charge is 2.16. The summed E-state index contributed by atoms with van der Waals surface area (Å²) in [5, 5.41) is 0.432. The van der Waals surface area contributed by atoms with E-state index < -0.39 is 10.8 Å². The summed E-state index contributed by atoms with van der Waals surface area (Å²) in [6, 6.07) is 9.23. The van der Waals surface area contributed by atoms with Crippen molar-refractivity contribution in [1.82, 2.24) is 15.0 Å². The van der Waals surface area contributed by atoms with Gasteiger partial charge in [0.2, 0.25) is 6.79 Å². The maximum Gasteiger partial charge on any atom is 0.231 e. The largest absolute Gasteiger partial charge is 0.454 e. The summed E-state index contributed by atoms with van der Waals surface area (Å²) < 4.78 is 23.0. The number of H-pyrrole nitrogens is 1. The predicted molar refractivity (Wildman–Crippen MR) is 76.6 cm³/mol. The van der Waals surface area contributed by atoms with Crippen molar-refractivity contribution < 1.29 is 13.7 Å². The van der Waals surface area contributed by atoms with Gasteiger partial charge in [0.05, 0.1) is 22.1 Å². The van der Waals surface area contributed by atoms with E-state index >= 15 is 0 Å². The van der Waals surface area contributed by atoms with Crippen LogP contribution < -0.4 is 9.47 Å². The van der Waals surface area contributed by atoms with Crippen LogP contribution >= 0.6 is 0 Å². The van der Waals surface area contributed by atoms with Gasteiger partial charge in [0, 0.05) is 6.20 Å². The van der Waals surface area contributed by atoms with Gasteiger partial charge >= 0.3 is 0 Å². The highest BCUT2D eigenvalue weighted by molar-refractivity contribution is 7.84. The van der Waals surface area contributed by atoms with Crippen molar-refractivity contribution in [2.24, 2.45) is 0 Å². The number of nitrogens with one attached hydrogen (secondary N) is 1. The van der Waals surface area contributed by atoms with Crippen LogP contribution in [0.3, 0.4) is 0 Å². The Kier molecular flexibility index (Phi) is 2.85. The molecule has 2 aromatic heterocycles. The Morgan fingerprint density at radius 3 is 3.05 bits per heavy atom. The topological polar surface area (TPSA) is 77.1 Å². The molecule has 106 valence electrons. The SMILES string of the molecule is O=S(Cc1ccc2c(c1)OCO2)c1nc2ncccc2[nH]1. The number of imidazole rings is 1. The zero-order valence-corrected chi connectivity index (χ0v) is 11.7. The van der Waals surface area contributed by atoms with Crippen LogP contribution in [0.4, 0.5) is 0 Å². The summed E-state index contributed by atoms with van der Waals surface area (Å²) in [5.74, 6) is 1.77. The second kappa shape index (κ2) is 4.85. The van der Waals surface area contributed by atoms with Crippen LogP contribution in [0.1, 0.15) is 5.56 Å². The normalized spacial score (nSPS) is 14.5. The maximum absolute atomic E-state index is 12.4. The molecule has 1 unspecified atom stereocenters. The first kappa shape index (κ1) is 12.3. The second-order valence-corrected chi connectivity index (χ2v) is 5.96. The number of ether oxygens (including phenoxy) is 2. The van der Waals surface area contributed by atoms with E-state index in [9.17, 15) is 4.21 Å². The predicted octanol–water partition coefficient (Wildman–Crippen LogP) is 1.99. The van der Waals surface area contributed by atoms with Gasteiger partial charge in [-0.2, -0.15) is 0 Å². The lowest BCUT2D eigenvalue weighted by atomic mass is 10.2. The van der Waals surface area contributed by atoms with E-state index in [1.54, 1.807) is 6.20 Å². The van der Waals surface area contributed by atoms with Crippen molar-refractivity contribution in [3.8, 4) is 11.5 Å². The summed E-state index contributed by atoms with van der Waals surface area (Å²) in [7, 11) is -1.27. The molecule has 4 rings (SSSR count). The summed E-state index contributed by atoms with van der Waals surface area (Å²) in [6.45, 7) is 0.233. The third kappa shape index (κ3) is 2.25. The summed E-state index contributed by atoms with van der Waals surface area (Å²) >= 11 is 0. The number of rotatable bonds is 3. The van der Waals surface area contributed by atoms with Crippen molar-refractivity contribution in [3.05, 3.63) is 42.1 Å². The van der Waals surface area contributed by atoms with Crippen LogP contribution in [0.25, 0.3) is 11.2 Å². The van der Waals surface area contributed by atoms with Crippen molar-refractivity contribution in [3.63, 3.8) is 0 Å². The van der Waals surface area contributed by atoms with Crippen LogP contribution in [-0.4, -0.2) is 26.0 Å². The van der Waals surface area contributed by atoms with E-state index in [2.05, 4.69) is 15.0 Å². The molecule has 0 spiro atoms. The van der Waals surface area contributed by atoms with Crippen LogP contribution in [-0.2, 0) is 16.6 Å². The van der Waals surface area contributed by atoms with Crippen LogP contribution in [0.15, 0.2) is 41.7 Å². The number of fused-ring (bicyclic) bond motifs is 2. The third-order valence-corrected chi connectivity index (χ3v) is 4.41. The molecule has 0 saturated carbocycles. The molecule has 0 bridgehead atoms. The molecule has 0 fully saturated rings. The second-order valence-electron chi connectivity index (χ2n) is 4.59. The Balaban J connectivity index is 1.60. The zero-order valence-electron chi connectivity index (χ0n) is 10.9. The fourth-order valence-electron chi connectivity index (χ4n) is 2.18. The Morgan fingerprint density at radius 2 is 2.14 bits per heavy atom. The highest BCUT2D eigenvalue weighted by Crippen LogP contribution is 2.33. The van der Waals surface area contributed by atoms with E-state index in [1.165, 1.54) is 0 Å². The fourth-order valence-corrected chi connectivity index (χ4v) is 3.21. The number of aromatic nitrogens is 3. The van der Waals surface area contributed by atoms with Gasteiger partial charge in [-0.05, 0) is 29.8 Å². The van der Waals surface area contributed by atoms with Crippen molar-refractivity contribution in [1.29, 1.82) is 0 Å². The minimum Gasteiger partial charge on any atom is -0.454 e. The first-order chi connectivity index (χ1) is 10.3. The molecular weight excluding hydrogens is 290 g/mol. The minimum absolute atomic E-state index is 0.233. The number of benzene rings is 1. The lowest BCUT2D eigenvalue weighted by molar-refractivity contribution is 0.174. The van der Waals surface area contributed by atoms with E-state index in [0.29, 0.717) is 22.3 Å². The van der Waals surface area contributed by atoms with E-state index in [-0.39, 0.29) is 6.79 Å². The first-order valence-electron chi connectivity index (χ1n) is 6.37. The molecule has 0 saturated heterocycles. The van der Waals surface area contributed by atoms with Crippen molar-refractivity contribution >= 4 is 22.0 Å². The molecule has 7 heteroatoms. The van der Waals surface area contributed by atoms with Gasteiger partial charge in [0.1, 0.15) is 0 Å². The third-order valence-electron chi connectivity index (χ3n) is 3.19. The number of hydrogen-bond donors (Lipinski definition) is 1.